The molecule has 1 aliphatic heterocycles. The molecule has 1 aliphatic rings. The monoisotopic (exact) mass is 751 g/mol. The Labute approximate surface area is 323 Å². The molecule has 3 rings (SSSR count). The molecule has 0 aromatic heterocycles. The van der Waals surface area contributed by atoms with Crippen LogP contribution in [-0.4, -0.2) is 75.0 Å². The third-order valence-corrected chi connectivity index (χ3v) is 10.9. The minimum atomic E-state index is -0.762. The Kier molecular flexibility index (Phi) is 20.0. The molecule has 0 aliphatic carbocycles. The van der Waals surface area contributed by atoms with Crippen molar-refractivity contribution < 1.29 is 28.9 Å². The number of carbonyl (C=O) groups is 1. The van der Waals surface area contributed by atoms with Crippen molar-refractivity contribution in [2.24, 2.45) is 5.92 Å². The van der Waals surface area contributed by atoms with Gasteiger partial charge in [0.25, 0.3) is 11.0 Å². The molecule has 0 radical (unpaired) electrons. The van der Waals surface area contributed by atoms with Gasteiger partial charge in [-0.15, -0.1) is 10.1 Å². The van der Waals surface area contributed by atoms with Crippen molar-refractivity contribution in [1.82, 2.24) is 15.3 Å². The summed E-state index contributed by atoms with van der Waals surface area (Å²) in [4.78, 5) is 29.9. The molecule has 2 aromatic carbocycles. The van der Waals surface area contributed by atoms with E-state index in [1.165, 1.54) is 51.4 Å². The Balaban J connectivity index is 1.52. The maximum Gasteiger partial charge on any atom is 0.294 e. The number of nitrogens with one attached hydrogen (secondary N) is 1. The highest BCUT2D eigenvalue weighted by Crippen LogP contribution is 2.39. The van der Waals surface area contributed by atoms with Gasteiger partial charge in [0.2, 0.25) is 0 Å². The lowest BCUT2D eigenvalue weighted by atomic mass is 9.74. The molecule has 12 nitrogen and oxygen atoms in total. The van der Waals surface area contributed by atoms with Gasteiger partial charge in [0, 0.05) is 19.1 Å². The van der Waals surface area contributed by atoms with Crippen LogP contribution < -0.4 is 19.6 Å². The number of unbranched alkanes of at least 4 members (excludes halogenated alkanes) is 9. The van der Waals surface area contributed by atoms with Crippen molar-refractivity contribution in [3.8, 4) is 23.3 Å². The summed E-state index contributed by atoms with van der Waals surface area (Å²) in [6.45, 7) is 6.37. The first-order valence-electron chi connectivity index (χ1n) is 20.0. The molecule has 1 N–H and O–H groups in total. The van der Waals surface area contributed by atoms with Crippen molar-refractivity contribution in [2.45, 2.75) is 122 Å². The van der Waals surface area contributed by atoms with Crippen LogP contribution in [0.4, 0.5) is 0 Å². The van der Waals surface area contributed by atoms with E-state index < -0.39 is 10.5 Å². The highest BCUT2D eigenvalue weighted by atomic mass is 16.9. The number of nitriles is 1. The van der Waals surface area contributed by atoms with E-state index in [9.17, 15) is 20.2 Å². The minimum absolute atomic E-state index is 0.0846. The van der Waals surface area contributed by atoms with Crippen LogP contribution in [-0.2, 0) is 15.0 Å². The number of ether oxygens (including phenoxy) is 3. The van der Waals surface area contributed by atoms with Gasteiger partial charge in [-0.1, -0.05) is 89.3 Å². The fourth-order valence-corrected chi connectivity index (χ4v) is 7.32. The maximum atomic E-state index is 12.6. The van der Waals surface area contributed by atoms with Crippen LogP contribution in [0.1, 0.15) is 127 Å². The lowest BCUT2D eigenvalue weighted by Crippen LogP contribution is -2.48. The number of hydrogen-bond donors (Lipinski definition) is 1. The number of rotatable bonds is 27. The lowest BCUT2D eigenvalue weighted by molar-refractivity contribution is -0.759. The highest BCUT2D eigenvalue weighted by molar-refractivity contribution is 5.77. The summed E-state index contributed by atoms with van der Waals surface area (Å²) in [5.41, 5.74) is 4.31. The molecule has 2 unspecified atom stereocenters. The quantitative estimate of drug-likeness (QED) is 0.0536. The van der Waals surface area contributed by atoms with E-state index in [0.29, 0.717) is 43.2 Å². The van der Waals surface area contributed by atoms with Crippen molar-refractivity contribution in [3.63, 3.8) is 0 Å². The van der Waals surface area contributed by atoms with Gasteiger partial charge in [-0.25, -0.2) is 5.01 Å². The van der Waals surface area contributed by atoms with E-state index in [-0.39, 0.29) is 31.1 Å². The highest BCUT2D eigenvalue weighted by Gasteiger charge is 2.33. The number of hydrogen-bond acceptors (Lipinski definition) is 10. The van der Waals surface area contributed by atoms with Crippen molar-refractivity contribution in [1.29, 1.82) is 5.26 Å². The lowest BCUT2D eigenvalue weighted by Gasteiger charge is -2.31. The van der Waals surface area contributed by atoms with Crippen LogP contribution in [0.25, 0.3) is 0 Å². The van der Waals surface area contributed by atoms with E-state index in [0.717, 1.165) is 49.8 Å². The number of amides is 1. The first-order valence-corrected chi connectivity index (χ1v) is 20.0. The third-order valence-electron chi connectivity index (χ3n) is 10.9. The minimum Gasteiger partial charge on any atom is -0.493 e. The Morgan fingerprint density at radius 1 is 0.981 bits per heavy atom. The van der Waals surface area contributed by atoms with Crippen molar-refractivity contribution >= 4 is 5.91 Å². The second-order valence-corrected chi connectivity index (χ2v) is 14.8. The van der Waals surface area contributed by atoms with Crippen LogP contribution in [0.3, 0.4) is 0 Å². The van der Waals surface area contributed by atoms with Crippen molar-refractivity contribution in [2.75, 3.05) is 54.1 Å². The molecule has 1 saturated heterocycles. The standard InChI is InChI=1S/C42H65N5O7/c1-6-7-8-9-10-11-12-13-14-15-24-42(33-43,37-20-21-39(51-4)40(30-37)52-5)25-17-26-45(3)34(2)36-18-16-19-38(29-36)53-32-41(48)44-46-27-22-35(23-28-46)31-54-47(49)50/h16,18-21,29-30,34-35H,6-15,17,22-28,31-32H2,1-5H3,(H,44,48). The Morgan fingerprint density at radius 3 is 2.26 bits per heavy atom. The van der Waals surface area contributed by atoms with Crippen LogP contribution in [0.15, 0.2) is 42.5 Å². The summed E-state index contributed by atoms with van der Waals surface area (Å²) in [6, 6.07) is 16.6. The topological polar surface area (TPSA) is 139 Å². The molecule has 2 aromatic rings. The predicted molar refractivity (Wildman–Crippen MR) is 211 cm³/mol. The third kappa shape index (κ3) is 15.0. The predicted octanol–water partition coefficient (Wildman–Crippen LogP) is 8.58. The summed E-state index contributed by atoms with van der Waals surface area (Å²) in [7, 11) is 5.37. The van der Waals surface area contributed by atoms with Gasteiger partial charge in [0.1, 0.15) is 5.75 Å². The molecule has 0 spiro atoms. The van der Waals surface area contributed by atoms with E-state index in [4.69, 9.17) is 14.2 Å². The van der Waals surface area contributed by atoms with E-state index in [1.807, 2.05) is 41.4 Å². The molecule has 54 heavy (non-hydrogen) atoms. The van der Waals surface area contributed by atoms with E-state index in [1.54, 1.807) is 14.2 Å². The van der Waals surface area contributed by atoms with Crippen molar-refractivity contribution in [3.05, 3.63) is 63.7 Å². The molecule has 1 amide bonds. The second kappa shape index (κ2) is 24.4. The zero-order valence-corrected chi connectivity index (χ0v) is 33.5. The Hall–Kier alpha value is -4.08. The Morgan fingerprint density at radius 2 is 1.63 bits per heavy atom. The number of benzene rings is 2. The smallest absolute Gasteiger partial charge is 0.294 e. The summed E-state index contributed by atoms with van der Waals surface area (Å²) in [6.07, 6.45) is 16.3. The average molecular weight is 752 g/mol. The second-order valence-electron chi connectivity index (χ2n) is 14.8. The number of nitrogens with zero attached hydrogens (tertiary/aromatic N) is 4. The summed E-state index contributed by atoms with van der Waals surface area (Å²) in [5, 5.41) is 22.3. The first kappa shape index (κ1) is 44.3. The molecule has 2 atom stereocenters. The van der Waals surface area contributed by atoms with Gasteiger partial charge >= 0.3 is 0 Å². The number of piperidine rings is 1. The largest absolute Gasteiger partial charge is 0.493 e. The van der Waals surface area contributed by atoms with Crippen LogP contribution in [0, 0.1) is 27.4 Å². The van der Waals surface area contributed by atoms with Gasteiger partial charge in [-0.2, -0.15) is 5.26 Å². The molecular weight excluding hydrogens is 686 g/mol. The SMILES string of the molecule is CCCCCCCCCCCCC(C#N)(CCCN(C)C(C)c1cccc(OCC(=O)NN2CCC(CO[N+](=O)[O-])CC2)c1)c1ccc(OC)c(OC)c1. The molecule has 0 saturated carbocycles. The zero-order valence-electron chi connectivity index (χ0n) is 33.5. The Bertz CT molecular complexity index is 1440. The molecule has 1 heterocycles. The van der Waals surface area contributed by atoms with Gasteiger partial charge in [0.15, 0.2) is 18.1 Å². The fraction of sp³-hybridized carbons (Fsp3) is 0.667. The summed E-state index contributed by atoms with van der Waals surface area (Å²) in [5.74, 6) is 1.77. The summed E-state index contributed by atoms with van der Waals surface area (Å²) < 4.78 is 17.0. The molecule has 12 heteroatoms. The van der Waals surface area contributed by atoms with Gasteiger partial charge in [-0.3, -0.25) is 15.1 Å². The van der Waals surface area contributed by atoms with Gasteiger partial charge in [0.05, 0.1) is 32.3 Å². The number of hydrazine groups is 1. The first-order chi connectivity index (χ1) is 26.1. The van der Waals surface area contributed by atoms with Crippen LogP contribution in [0.2, 0.25) is 0 Å². The normalized spacial score (nSPS) is 15.2. The number of carbonyl (C=O) groups excluding carboxylic acids is 1. The molecular formula is C42H65N5O7. The molecule has 1 fully saturated rings. The van der Waals surface area contributed by atoms with Gasteiger partial charge in [-0.05, 0) is 93.9 Å². The summed E-state index contributed by atoms with van der Waals surface area (Å²) >= 11 is 0. The zero-order chi connectivity index (χ0) is 39.2. The molecule has 300 valence electrons. The van der Waals surface area contributed by atoms with Gasteiger partial charge < -0.3 is 19.0 Å². The van der Waals surface area contributed by atoms with Crippen LogP contribution >= 0.6 is 0 Å². The van der Waals surface area contributed by atoms with Crippen LogP contribution in [0.5, 0.6) is 17.2 Å². The average Bonchev–Trinajstić information content (AvgIpc) is 3.19. The fourth-order valence-electron chi connectivity index (χ4n) is 7.32. The number of methoxy groups -OCH3 is 2. The van der Waals surface area contributed by atoms with E-state index >= 15 is 0 Å². The van der Waals surface area contributed by atoms with E-state index in [2.05, 4.69) is 48.2 Å². The molecule has 0 bridgehead atoms. The maximum absolute atomic E-state index is 12.6.